The van der Waals surface area contributed by atoms with Gasteiger partial charge in [-0.1, -0.05) is 45.7 Å². The van der Waals surface area contributed by atoms with E-state index in [1.807, 2.05) is 42.5 Å². The predicted molar refractivity (Wildman–Crippen MR) is 80.5 cm³/mol. The summed E-state index contributed by atoms with van der Waals surface area (Å²) in [5.41, 5.74) is 8.26. The minimum absolute atomic E-state index is 0.0231. The second-order valence-electron chi connectivity index (χ2n) is 4.65. The molecule has 3 rings (SSSR count). The van der Waals surface area contributed by atoms with Crippen LogP contribution in [0.25, 0.3) is 0 Å². The molecule has 2 nitrogen and oxygen atoms in total. The van der Waals surface area contributed by atoms with Gasteiger partial charge in [0.2, 0.25) is 0 Å². The fourth-order valence-corrected chi connectivity index (χ4v) is 3.02. The van der Waals surface area contributed by atoms with Crippen LogP contribution >= 0.6 is 27.5 Å². The Hall–Kier alpha value is -1.03. The van der Waals surface area contributed by atoms with Gasteiger partial charge in [0, 0.05) is 33.1 Å². The maximum atomic E-state index is 6.26. The number of rotatable bonds is 1. The van der Waals surface area contributed by atoms with Crippen molar-refractivity contribution in [2.24, 2.45) is 5.73 Å². The molecule has 0 bridgehead atoms. The predicted octanol–water partition coefficient (Wildman–Crippen LogP) is 4.63. The molecule has 0 aromatic heterocycles. The van der Waals surface area contributed by atoms with Crippen molar-refractivity contribution in [1.29, 1.82) is 0 Å². The standard InChI is InChI=1S/C15H13BrClNO/c16-9-5-6-12(17)11(7-9)15-8-13(18)10-3-1-2-4-14(10)19-15/h1-7,13,15H,8,18H2. The summed E-state index contributed by atoms with van der Waals surface area (Å²) in [4.78, 5) is 0. The molecule has 98 valence electrons. The molecule has 2 unspecified atom stereocenters. The van der Waals surface area contributed by atoms with E-state index < -0.39 is 0 Å². The number of para-hydroxylation sites is 1. The molecule has 1 heterocycles. The first kappa shape index (κ1) is 13.0. The molecule has 0 saturated carbocycles. The van der Waals surface area contributed by atoms with Gasteiger partial charge < -0.3 is 10.5 Å². The van der Waals surface area contributed by atoms with Gasteiger partial charge in [-0.05, 0) is 24.3 Å². The normalized spacial score (nSPS) is 21.6. The highest BCUT2D eigenvalue weighted by atomic mass is 79.9. The van der Waals surface area contributed by atoms with Gasteiger partial charge in [0.05, 0.1) is 0 Å². The second-order valence-corrected chi connectivity index (χ2v) is 5.98. The van der Waals surface area contributed by atoms with E-state index in [0.717, 1.165) is 27.8 Å². The van der Waals surface area contributed by atoms with E-state index in [2.05, 4.69) is 15.9 Å². The van der Waals surface area contributed by atoms with Crippen molar-refractivity contribution in [2.45, 2.75) is 18.6 Å². The molecule has 2 atom stereocenters. The molecule has 0 amide bonds. The van der Waals surface area contributed by atoms with E-state index in [0.29, 0.717) is 5.02 Å². The zero-order valence-electron chi connectivity index (χ0n) is 10.1. The van der Waals surface area contributed by atoms with Crippen LogP contribution in [0.3, 0.4) is 0 Å². The van der Waals surface area contributed by atoms with E-state index in [1.54, 1.807) is 0 Å². The number of hydrogen-bond donors (Lipinski definition) is 1. The van der Waals surface area contributed by atoms with Gasteiger partial charge in [0.1, 0.15) is 11.9 Å². The van der Waals surface area contributed by atoms with Gasteiger partial charge in [-0.15, -0.1) is 0 Å². The van der Waals surface area contributed by atoms with Gasteiger partial charge in [-0.3, -0.25) is 0 Å². The summed E-state index contributed by atoms with van der Waals surface area (Å²) in [6.07, 6.45) is 0.627. The SMILES string of the molecule is NC1CC(c2cc(Br)ccc2Cl)Oc2ccccc21. The summed E-state index contributed by atoms with van der Waals surface area (Å²) in [5, 5.41) is 0.708. The lowest BCUT2D eigenvalue weighted by molar-refractivity contribution is 0.161. The van der Waals surface area contributed by atoms with Crippen LogP contribution in [-0.2, 0) is 0 Å². The number of halogens is 2. The molecule has 2 N–H and O–H groups in total. The summed E-state index contributed by atoms with van der Waals surface area (Å²) in [7, 11) is 0. The van der Waals surface area contributed by atoms with Crippen molar-refractivity contribution in [3.05, 3.63) is 63.1 Å². The van der Waals surface area contributed by atoms with Crippen molar-refractivity contribution in [3.8, 4) is 5.75 Å². The molecule has 2 aromatic carbocycles. The van der Waals surface area contributed by atoms with Crippen LogP contribution in [0.15, 0.2) is 46.9 Å². The Morgan fingerprint density at radius 2 is 1.95 bits per heavy atom. The van der Waals surface area contributed by atoms with Crippen LogP contribution in [0.2, 0.25) is 5.02 Å². The number of benzene rings is 2. The first-order valence-electron chi connectivity index (χ1n) is 6.11. The molecule has 0 spiro atoms. The maximum absolute atomic E-state index is 6.26. The molecule has 0 aliphatic carbocycles. The molecule has 2 aromatic rings. The van der Waals surface area contributed by atoms with Crippen molar-refractivity contribution >= 4 is 27.5 Å². The first-order valence-corrected chi connectivity index (χ1v) is 7.28. The Morgan fingerprint density at radius 3 is 2.79 bits per heavy atom. The van der Waals surface area contributed by atoms with Gasteiger partial charge in [0.25, 0.3) is 0 Å². The molecule has 19 heavy (non-hydrogen) atoms. The van der Waals surface area contributed by atoms with Crippen LogP contribution in [-0.4, -0.2) is 0 Å². The second kappa shape index (κ2) is 5.16. The third-order valence-corrected chi connectivity index (χ3v) is 4.20. The van der Waals surface area contributed by atoms with Crippen molar-refractivity contribution < 1.29 is 4.74 Å². The molecule has 0 radical (unpaired) electrons. The molecule has 0 fully saturated rings. The Balaban J connectivity index is 1.99. The van der Waals surface area contributed by atoms with Gasteiger partial charge in [-0.25, -0.2) is 0 Å². The molecular formula is C15H13BrClNO. The molecule has 0 saturated heterocycles. The molecular weight excluding hydrogens is 326 g/mol. The average Bonchev–Trinajstić information content (AvgIpc) is 2.41. The van der Waals surface area contributed by atoms with Gasteiger partial charge >= 0.3 is 0 Å². The smallest absolute Gasteiger partial charge is 0.127 e. The minimum atomic E-state index is -0.102. The highest BCUT2D eigenvalue weighted by molar-refractivity contribution is 9.10. The number of hydrogen-bond acceptors (Lipinski definition) is 2. The molecule has 4 heteroatoms. The number of fused-ring (bicyclic) bond motifs is 1. The van der Waals surface area contributed by atoms with Crippen LogP contribution in [0.5, 0.6) is 5.75 Å². The van der Waals surface area contributed by atoms with E-state index in [4.69, 9.17) is 22.1 Å². The summed E-state index contributed by atoms with van der Waals surface area (Å²) in [5.74, 6) is 0.849. The lowest BCUT2D eigenvalue weighted by Gasteiger charge is -2.31. The fourth-order valence-electron chi connectivity index (χ4n) is 2.40. The van der Waals surface area contributed by atoms with Crippen molar-refractivity contribution in [2.75, 3.05) is 0 Å². The third kappa shape index (κ3) is 2.50. The Kier molecular flexibility index (Phi) is 3.52. The topological polar surface area (TPSA) is 35.2 Å². The quantitative estimate of drug-likeness (QED) is 0.823. The van der Waals surface area contributed by atoms with E-state index >= 15 is 0 Å². The van der Waals surface area contributed by atoms with E-state index in [9.17, 15) is 0 Å². The Bertz CT molecular complexity index is 617. The van der Waals surface area contributed by atoms with Crippen molar-refractivity contribution in [3.63, 3.8) is 0 Å². The van der Waals surface area contributed by atoms with Crippen molar-refractivity contribution in [1.82, 2.24) is 0 Å². The largest absolute Gasteiger partial charge is 0.485 e. The lowest BCUT2D eigenvalue weighted by Crippen LogP contribution is -2.24. The summed E-state index contributed by atoms with van der Waals surface area (Å²) < 4.78 is 7.03. The van der Waals surface area contributed by atoms with Crippen LogP contribution in [0.1, 0.15) is 29.7 Å². The van der Waals surface area contributed by atoms with E-state index in [-0.39, 0.29) is 12.1 Å². The summed E-state index contributed by atoms with van der Waals surface area (Å²) >= 11 is 9.73. The fraction of sp³-hybridized carbons (Fsp3) is 0.200. The summed E-state index contributed by atoms with van der Waals surface area (Å²) in [6.45, 7) is 0. The maximum Gasteiger partial charge on any atom is 0.127 e. The molecule has 1 aliphatic heterocycles. The van der Waals surface area contributed by atoms with Gasteiger partial charge in [0.15, 0.2) is 0 Å². The van der Waals surface area contributed by atoms with Crippen LogP contribution in [0.4, 0.5) is 0 Å². The highest BCUT2D eigenvalue weighted by Gasteiger charge is 2.28. The molecule has 1 aliphatic rings. The monoisotopic (exact) mass is 337 g/mol. The Morgan fingerprint density at radius 1 is 1.16 bits per heavy atom. The zero-order chi connectivity index (χ0) is 13.4. The Labute approximate surface area is 125 Å². The lowest BCUT2D eigenvalue weighted by atomic mass is 9.93. The highest BCUT2D eigenvalue weighted by Crippen LogP contribution is 2.41. The minimum Gasteiger partial charge on any atom is -0.485 e. The number of ether oxygens (including phenoxy) is 1. The van der Waals surface area contributed by atoms with E-state index in [1.165, 1.54) is 0 Å². The summed E-state index contributed by atoms with van der Waals surface area (Å²) in [6, 6.07) is 13.7. The van der Waals surface area contributed by atoms with Gasteiger partial charge in [-0.2, -0.15) is 0 Å². The van der Waals surface area contributed by atoms with Crippen LogP contribution < -0.4 is 10.5 Å². The third-order valence-electron chi connectivity index (χ3n) is 3.36. The van der Waals surface area contributed by atoms with Crippen LogP contribution in [0, 0.1) is 0 Å². The zero-order valence-corrected chi connectivity index (χ0v) is 12.5. The average molecular weight is 339 g/mol. The first-order chi connectivity index (χ1) is 9.15. The number of nitrogens with two attached hydrogens (primary N) is 1.